The molecule has 3 rings (SSSR count). The third kappa shape index (κ3) is 4.59. The summed E-state index contributed by atoms with van der Waals surface area (Å²) in [6.07, 6.45) is 4.88. The van der Waals surface area contributed by atoms with E-state index < -0.39 is 17.4 Å². The van der Waals surface area contributed by atoms with E-state index >= 15 is 0 Å². The summed E-state index contributed by atoms with van der Waals surface area (Å²) in [4.78, 5) is 25.8. The SMILES string of the molecule is CC(C)CC=C(CN1CCC2(CC1)NC(=O)CC2C(=O)O)c1ccccc1. The predicted molar refractivity (Wildman–Crippen MR) is 106 cm³/mol. The van der Waals surface area contributed by atoms with Gasteiger partial charge in [-0.3, -0.25) is 14.5 Å². The highest BCUT2D eigenvalue weighted by Gasteiger charge is 2.51. The lowest BCUT2D eigenvalue weighted by molar-refractivity contribution is -0.144. The lowest BCUT2D eigenvalue weighted by Crippen LogP contribution is -2.55. The monoisotopic (exact) mass is 370 g/mol. The molecule has 2 heterocycles. The second-order valence-electron chi connectivity index (χ2n) is 8.30. The van der Waals surface area contributed by atoms with E-state index in [1.807, 2.05) is 6.07 Å². The summed E-state index contributed by atoms with van der Waals surface area (Å²) in [6.45, 7) is 6.90. The summed E-state index contributed by atoms with van der Waals surface area (Å²) in [5, 5.41) is 12.5. The molecule has 5 heteroatoms. The zero-order chi connectivity index (χ0) is 19.4. The molecule has 0 saturated carbocycles. The maximum absolute atomic E-state index is 11.8. The van der Waals surface area contributed by atoms with E-state index in [9.17, 15) is 14.7 Å². The molecule has 1 spiro atoms. The average molecular weight is 370 g/mol. The van der Waals surface area contributed by atoms with Gasteiger partial charge in [0.2, 0.25) is 5.91 Å². The van der Waals surface area contributed by atoms with Crippen LogP contribution >= 0.6 is 0 Å². The Kier molecular flexibility index (Phi) is 6.00. The van der Waals surface area contributed by atoms with Crippen LogP contribution in [0.2, 0.25) is 0 Å². The van der Waals surface area contributed by atoms with Crippen LogP contribution in [0.15, 0.2) is 36.4 Å². The van der Waals surface area contributed by atoms with Crippen molar-refractivity contribution in [2.75, 3.05) is 19.6 Å². The Morgan fingerprint density at radius 2 is 1.96 bits per heavy atom. The molecule has 1 amide bonds. The van der Waals surface area contributed by atoms with Gasteiger partial charge < -0.3 is 10.4 Å². The van der Waals surface area contributed by atoms with Crippen molar-refractivity contribution >= 4 is 17.4 Å². The minimum absolute atomic E-state index is 0.110. The number of nitrogens with zero attached hydrogens (tertiary/aromatic N) is 1. The minimum Gasteiger partial charge on any atom is -0.481 e. The second-order valence-corrected chi connectivity index (χ2v) is 8.30. The molecule has 5 nitrogen and oxygen atoms in total. The maximum atomic E-state index is 11.8. The second kappa shape index (κ2) is 8.26. The van der Waals surface area contributed by atoms with Gasteiger partial charge in [-0.2, -0.15) is 0 Å². The largest absolute Gasteiger partial charge is 0.481 e. The van der Waals surface area contributed by atoms with Gasteiger partial charge in [-0.05, 0) is 36.3 Å². The molecule has 1 unspecified atom stereocenters. The van der Waals surface area contributed by atoms with Gasteiger partial charge in [0.05, 0.1) is 11.5 Å². The first-order valence-corrected chi connectivity index (χ1v) is 9.90. The molecule has 146 valence electrons. The normalized spacial score (nSPS) is 23.0. The number of carbonyl (C=O) groups excluding carboxylic acids is 1. The highest BCUT2D eigenvalue weighted by Crippen LogP contribution is 2.37. The van der Waals surface area contributed by atoms with Crippen molar-refractivity contribution in [3.63, 3.8) is 0 Å². The Balaban J connectivity index is 1.68. The van der Waals surface area contributed by atoms with Crippen LogP contribution in [-0.4, -0.2) is 47.1 Å². The standard InChI is InChI=1S/C22H30N2O3/c1-16(2)8-9-18(17-6-4-3-5-7-17)15-24-12-10-22(11-13-24)19(21(26)27)14-20(25)23-22/h3-7,9,16,19H,8,10-15H2,1-2H3,(H,23,25)(H,26,27). The van der Waals surface area contributed by atoms with Crippen molar-refractivity contribution in [2.45, 2.75) is 45.1 Å². The molecule has 2 fully saturated rings. The van der Waals surface area contributed by atoms with Gasteiger partial charge in [0.1, 0.15) is 0 Å². The fourth-order valence-electron chi connectivity index (χ4n) is 4.25. The highest BCUT2D eigenvalue weighted by atomic mass is 16.4. The number of carbonyl (C=O) groups is 2. The molecule has 0 bridgehead atoms. The first-order valence-electron chi connectivity index (χ1n) is 9.90. The van der Waals surface area contributed by atoms with E-state index in [2.05, 4.69) is 54.4 Å². The molecular formula is C22H30N2O3. The molecule has 27 heavy (non-hydrogen) atoms. The van der Waals surface area contributed by atoms with Crippen LogP contribution in [0.4, 0.5) is 0 Å². The van der Waals surface area contributed by atoms with Crippen LogP contribution in [0, 0.1) is 11.8 Å². The Hall–Kier alpha value is -2.14. The molecule has 2 aliphatic heterocycles. The minimum atomic E-state index is -0.858. The van der Waals surface area contributed by atoms with Gasteiger partial charge in [-0.1, -0.05) is 50.3 Å². The summed E-state index contributed by atoms with van der Waals surface area (Å²) >= 11 is 0. The first kappa shape index (κ1) is 19.6. The van der Waals surface area contributed by atoms with E-state index in [1.165, 1.54) is 11.1 Å². The quantitative estimate of drug-likeness (QED) is 0.807. The zero-order valence-corrected chi connectivity index (χ0v) is 16.3. The molecule has 2 saturated heterocycles. The van der Waals surface area contributed by atoms with Gasteiger partial charge in [0, 0.05) is 26.1 Å². The summed E-state index contributed by atoms with van der Waals surface area (Å²) in [6, 6.07) is 10.5. The number of aliphatic carboxylic acids is 1. The van der Waals surface area contributed by atoms with E-state index in [4.69, 9.17) is 0 Å². The number of likely N-dealkylation sites (tertiary alicyclic amines) is 1. The number of carboxylic acid groups (broad SMARTS) is 1. The number of benzene rings is 1. The van der Waals surface area contributed by atoms with E-state index in [0.717, 1.165) is 26.1 Å². The first-order chi connectivity index (χ1) is 12.9. The van der Waals surface area contributed by atoms with Crippen molar-refractivity contribution in [1.29, 1.82) is 0 Å². The third-order valence-electron chi connectivity index (χ3n) is 5.87. The van der Waals surface area contributed by atoms with Crippen molar-refractivity contribution in [1.82, 2.24) is 10.2 Å². The summed E-state index contributed by atoms with van der Waals surface area (Å²) in [5.74, 6) is -0.975. The lowest BCUT2D eigenvalue weighted by Gasteiger charge is -2.41. The van der Waals surface area contributed by atoms with E-state index in [-0.39, 0.29) is 12.3 Å². The van der Waals surface area contributed by atoms with Crippen molar-refractivity contribution in [3.05, 3.63) is 42.0 Å². The van der Waals surface area contributed by atoms with Crippen molar-refractivity contribution < 1.29 is 14.7 Å². The van der Waals surface area contributed by atoms with Gasteiger partial charge in [0.25, 0.3) is 0 Å². The van der Waals surface area contributed by atoms with Gasteiger partial charge in [-0.25, -0.2) is 0 Å². The molecule has 1 atom stereocenters. The third-order valence-corrected chi connectivity index (χ3v) is 5.87. The van der Waals surface area contributed by atoms with Crippen LogP contribution in [0.5, 0.6) is 0 Å². The Morgan fingerprint density at radius 3 is 2.56 bits per heavy atom. The summed E-state index contributed by atoms with van der Waals surface area (Å²) < 4.78 is 0. The Labute approximate surface area is 161 Å². The van der Waals surface area contributed by atoms with Gasteiger partial charge in [0.15, 0.2) is 0 Å². The van der Waals surface area contributed by atoms with Gasteiger partial charge in [-0.15, -0.1) is 0 Å². The molecule has 0 aromatic heterocycles. The number of allylic oxidation sites excluding steroid dienone is 1. The lowest BCUT2D eigenvalue weighted by atomic mass is 9.77. The van der Waals surface area contributed by atoms with Crippen LogP contribution in [0.3, 0.4) is 0 Å². The van der Waals surface area contributed by atoms with Gasteiger partial charge >= 0.3 is 5.97 Å². The fraction of sp³-hybridized carbons (Fsp3) is 0.545. The zero-order valence-electron chi connectivity index (χ0n) is 16.3. The molecule has 2 aliphatic rings. The predicted octanol–water partition coefficient (Wildman–Crippen LogP) is 3.17. The Morgan fingerprint density at radius 1 is 1.30 bits per heavy atom. The number of amides is 1. The number of carboxylic acids is 1. The van der Waals surface area contributed by atoms with E-state index in [1.54, 1.807) is 0 Å². The summed E-state index contributed by atoms with van der Waals surface area (Å²) in [5.41, 5.74) is 2.01. The number of piperidine rings is 1. The van der Waals surface area contributed by atoms with Crippen LogP contribution in [0.25, 0.3) is 5.57 Å². The van der Waals surface area contributed by atoms with Crippen LogP contribution < -0.4 is 5.32 Å². The van der Waals surface area contributed by atoms with Crippen LogP contribution in [-0.2, 0) is 9.59 Å². The molecule has 0 radical (unpaired) electrons. The molecular weight excluding hydrogens is 340 g/mol. The van der Waals surface area contributed by atoms with Crippen molar-refractivity contribution in [3.8, 4) is 0 Å². The summed E-state index contributed by atoms with van der Waals surface area (Å²) in [7, 11) is 0. The molecule has 1 aromatic rings. The number of rotatable bonds is 6. The maximum Gasteiger partial charge on any atom is 0.309 e. The number of hydrogen-bond acceptors (Lipinski definition) is 3. The van der Waals surface area contributed by atoms with E-state index in [0.29, 0.717) is 18.8 Å². The Bertz CT molecular complexity index is 704. The fourth-order valence-corrected chi connectivity index (χ4v) is 4.25. The highest BCUT2D eigenvalue weighted by molar-refractivity contribution is 5.88. The molecule has 0 aliphatic carbocycles. The number of nitrogens with one attached hydrogen (secondary N) is 1. The number of hydrogen-bond donors (Lipinski definition) is 2. The average Bonchev–Trinajstić information content (AvgIpc) is 2.97. The van der Waals surface area contributed by atoms with Crippen LogP contribution in [0.1, 0.15) is 45.1 Å². The smallest absolute Gasteiger partial charge is 0.309 e. The molecule has 1 aromatic carbocycles. The molecule has 2 N–H and O–H groups in total. The van der Waals surface area contributed by atoms with Crippen molar-refractivity contribution in [2.24, 2.45) is 11.8 Å². The topological polar surface area (TPSA) is 69.6 Å².